The summed E-state index contributed by atoms with van der Waals surface area (Å²) in [6.45, 7) is 7.60. The number of hydrogen-bond acceptors (Lipinski definition) is 2. The molecule has 1 aliphatic heterocycles. The molecule has 2 heteroatoms. The zero-order chi connectivity index (χ0) is 13.7. The van der Waals surface area contributed by atoms with E-state index in [4.69, 9.17) is 0 Å². The molecular formula is C17H27NO. The minimum absolute atomic E-state index is 0.602. The van der Waals surface area contributed by atoms with Crippen molar-refractivity contribution in [3.05, 3.63) is 35.4 Å². The van der Waals surface area contributed by atoms with Crippen LogP contribution in [0.5, 0.6) is 0 Å². The van der Waals surface area contributed by atoms with E-state index < -0.39 is 5.60 Å². The molecule has 0 atom stereocenters. The molecule has 0 bridgehead atoms. The first kappa shape index (κ1) is 14.5. The Labute approximate surface area is 117 Å². The molecule has 0 radical (unpaired) electrons. The zero-order valence-corrected chi connectivity index (χ0v) is 12.4. The Kier molecular flexibility index (Phi) is 5.00. The number of piperidine rings is 1. The second-order valence-electron chi connectivity index (χ2n) is 5.82. The third kappa shape index (κ3) is 3.58. The molecule has 1 fully saturated rings. The first-order chi connectivity index (χ1) is 9.18. The lowest BCUT2D eigenvalue weighted by Crippen LogP contribution is -2.42. The topological polar surface area (TPSA) is 23.5 Å². The van der Waals surface area contributed by atoms with Gasteiger partial charge in [-0.15, -0.1) is 0 Å². The number of aryl methyl sites for hydroxylation is 1. The fourth-order valence-corrected chi connectivity index (χ4v) is 3.02. The van der Waals surface area contributed by atoms with E-state index in [1.54, 1.807) is 0 Å². The van der Waals surface area contributed by atoms with Gasteiger partial charge in [0.2, 0.25) is 0 Å². The highest BCUT2D eigenvalue weighted by Gasteiger charge is 2.33. The van der Waals surface area contributed by atoms with Crippen molar-refractivity contribution in [1.29, 1.82) is 0 Å². The summed E-state index contributed by atoms with van der Waals surface area (Å²) in [4.78, 5) is 2.46. The van der Waals surface area contributed by atoms with Gasteiger partial charge in [0.1, 0.15) is 0 Å². The van der Waals surface area contributed by atoms with Crippen molar-refractivity contribution in [3.63, 3.8) is 0 Å². The number of nitrogens with zero attached hydrogens (tertiary/aromatic N) is 1. The average Bonchev–Trinajstić information content (AvgIpc) is 2.43. The molecule has 1 aromatic rings. The van der Waals surface area contributed by atoms with Gasteiger partial charge in [-0.1, -0.05) is 44.5 Å². The minimum atomic E-state index is -0.602. The highest BCUT2D eigenvalue weighted by atomic mass is 16.3. The van der Waals surface area contributed by atoms with Crippen LogP contribution in [0.15, 0.2) is 24.3 Å². The Morgan fingerprint density at radius 1 is 1.05 bits per heavy atom. The van der Waals surface area contributed by atoms with E-state index >= 15 is 0 Å². The predicted molar refractivity (Wildman–Crippen MR) is 80.3 cm³/mol. The number of aliphatic hydroxyl groups is 1. The zero-order valence-electron chi connectivity index (χ0n) is 12.4. The van der Waals surface area contributed by atoms with E-state index in [0.717, 1.165) is 44.5 Å². The molecule has 1 saturated heterocycles. The van der Waals surface area contributed by atoms with Crippen LogP contribution in [0.2, 0.25) is 0 Å². The largest absolute Gasteiger partial charge is 0.385 e. The maximum atomic E-state index is 10.8. The summed E-state index contributed by atoms with van der Waals surface area (Å²) in [5, 5.41) is 10.8. The summed E-state index contributed by atoms with van der Waals surface area (Å²) in [5.74, 6) is 0. The van der Waals surface area contributed by atoms with Gasteiger partial charge in [-0.05, 0) is 43.4 Å². The monoisotopic (exact) mass is 261 g/mol. The van der Waals surface area contributed by atoms with Crippen LogP contribution in [0.3, 0.4) is 0 Å². The molecule has 0 unspecified atom stereocenters. The fourth-order valence-electron chi connectivity index (χ4n) is 3.02. The van der Waals surface area contributed by atoms with Crippen molar-refractivity contribution >= 4 is 0 Å². The van der Waals surface area contributed by atoms with Crippen LogP contribution >= 0.6 is 0 Å². The van der Waals surface area contributed by atoms with E-state index in [9.17, 15) is 5.11 Å². The molecule has 0 aromatic heterocycles. The highest BCUT2D eigenvalue weighted by molar-refractivity contribution is 5.28. The molecule has 0 aliphatic carbocycles. The number of rotatable bonds is 5. The summed E-state index contributed by atoms with van der Waals surface area (Å²) >= 11 is 0. The molecule has 1 aliphatic rings. The van der Waals surface area contributed by atoms with Crippen LogP contribution in [-0.2, 0) is 12.0 Å². The summed E-state index contributed by atoms with van der Waals surface area (Å²) < 4.78 is 0. The van der Waals surface area contributed by atoms with E-state index in [0.29, 0.717) is 0 Å². The van der Waals surface area contributed by atoms with Crippen molar-refractivity contribution in [2.45, 2.75) is 51.6 Å². The highest BCUT2D eigenvalue weighted by Crippen LogP contribution is 2.32. The Balaban J connectivity index is 2.00. The molecule has 0 amide bonds. The van der Waals surface area contributed by atoms with Gasteiger partial charge >= 0.3 is 0 Å². The SMILES string of the molecule is CCCc1ccc(C2(O)CCN(CCC)CC2)cc1. The van der Waals surface area contributed by atoms with Crippen LogP contribution in [0.1, 0.15) is 50.7 Å². The van der Waals surface area contributed by atoms with Crippen molar-refractivity contribution in [2.75, 3.05) is 19.6 Å². The van der Waals surface area contributed by atoms with Gasteiger partial charge in [0.05, 0.1) is 5.60 Å². The predicted octanol–water partition coefficient (Wildman–Crippen LogP) is 3.33. The van der Waals surface area contributed by atoms with Gasteiger partial charge < -0.3 is 10.0 Å². The quantitative estimate of drug-likeness (QED) is 0.879. The molecular weight excluding hydrogens is 234 g/mol. The van der Waals surface area contributed by atoms with Crippen LogP contribution < -0.4 is 0 Å². The van der Waals surface area contributed by atoms with Gasteiger partial charge in [-0.25, -0.2) is 0 Å². The lowest BCUT2D eigenvalue weighted by Gasteiger charge is -2.38. The number of likely N-dealkylation sites (tertiary alicyclic amines) is 1. The summed E-state index contributed by atoms with van der Waals surface area (Å²) in [6.07, 6.45) is 5.23. The first-order valence-electron chi connectivity index (χ1n) is 7.72. The molecule has 106 valence electrons. The Bertz CT molecular complexity index is 377. The van der Waals surface area contributed by atoms with Gasteiger partial charge in [-0.2, -0.15) is 0 Å². The average molecular weight is 261 g/mol. The standard InChI is InChI=1S/C17H27NO/c1-3-5-15-6-8-16(9-7-15)17(19)10-13-18(12-4-2)14-11-17/h6-9,19H,3-5,10-14H2,1-2H3. The molecule has 19 heavy (non-hydrogen) atoms. The van der Waals surface area contributed by atoms with Crippen LogP contribution in [0, 0.1) is 0 Å². The lowest BCUT2D eigenvalue weighted by atomic mass is 9.84. The Morgan fingerprint density at radius 3 is 2.21 bits per heavy atom. The molecule has 1 heterocycles. The summed E-state index contributed by atoms with van der Waals surface area (Å²) in [5.41, 5.74) is 1.87. The molecule has 0 saturated carbocycles. The fraction of sp³-hybridized carbons (Fsp3) is 0.647. The Morgan fingerprint density at radius 2 is 1.68 bits per heavy atom. The number of hydrogen-bond donors (Lipinski definition) is 1. The molecule has 0 spiro atoms. The second kappa shape index (κ2) is 6.53. The van der Waals surface area contributed by atoms with E-state index in [2.05, 4.69) is 43.0 Å². The van der Waals surface area contributed by atoms with E-state index in [1.165, 1.54) is 18.4 Å². The van der Waals surface area contributed by atoms with E-state index in [1.807, 2.05) is 0 Å². The third-order valence-electron chi connectivity index (χ3n) is 4.25. The maximum absolute atomic E-state index is 10.8. The lowest BCUT2D eigenvalue weighted by molar-refractivity contribution is -0.0257. The molecule has 1 aromatic carbocycles. The molecule has 2 nitrogen and oxygen atoms in total. The number of benzene rings is 1. The smallest absolute Gasteiger partial charge is 0.0920 e. The maximum Gasteiger partial charge on any atom is 0.0920 e. The van der Waals surface area contributed by atoms with Crippen molar-refractivity contribution in [1.82, 2.24) is 4.90 Å². The van der Waals surface area contributed by atoms with Gasteiger partial charge in [0.15, 0.2) is 0 Å². The Hall–Kier alpha value is -0.860. The van der Waals surface area contributed by atoms with Gasteiger partial charge in [-0.3, -0.25) is 0 Å². The minimum Gasteiger partial charge on any atom is -0.385 e. The van der Waals surface area contributed by atoms with Crippen molar-refractivity contribution in [3.8, 4) is 0 Å². The summed E-state index contributed by atoms with van der Waals surface area (Å²) in [7, 11) is 0. The van der Waals surface area contributed by atoms with Gasteiger partial charge in [0, 0.05) is 13.1 Å². The van der Waals surface area contributed by atoms with Crippen molar-refractivity contribution < 1.29 is 5.11 Å². The normalized spacial score (nSPS) is 19.5. The van der Waals surface area contributed by atoms with Gasteiger partial charge in [0.25, 0.3) is 0 Å². The molecule has 2 rings (SSSR count). The van der Waals surface area contributed by atoms with E-state index in [-0.39, 0.29) is 0 Å². The summed E-state index contributed by atoms with van der Waals surface area (Å²) in [6, 6.07) is 8.60. The third-order valence-corrected chi connectivity index (χ3v) is 4.25. The van der Waals surface area contributed by atoms with Crippen LogP contribution in [0.4, 0.5) is 0 Å². The second-order valence-corrected chi connectivity index (χ2v) is 5.82. The molecule has 1 N–H and O–H groups in total. The van der Waals surface area contributed by atoms with Crippen LogP contribution in [-0.4, -0.2) is 29.6 Å². The first-order valence-corrected chi connectivity index (χ1v) is 7.72. The van der Waals surface area contributed by atoms with Crippen molar-refractivity contribution in [2.24, 2.45) is 0 Å². The van der Waals surface area contributed by atoms with Crippen LogP contribution in [0.25, 0.3) is 0 Å².